The van der Waals surface area contributed by atoms with Gasteiger partial charge in [-0.3, -0.25) is 9.52 Å². The first kappa shape index (κ1) is 19.4. The van der Waals surface area contributed by atoms with Gasteiger partial charge in [0, 0.05) is 12.6 Å². The number of nitrogens with zero attached hydrogens (tertiary/aromatic N) is 2. The summed E-state index contributed by atoms with van der Waals surface area (Å²) < 4.78 is 33.8. The van der Waals surface area contributed by atoms with E-state index in [1.165, 1.54) is 46.3 Å². The number of amides is 4. The monoisotopic (exact) mass is 383 g/mol. The maximum absolute atomic E-state index is 12.7. The highest BCUT2D eigenvalue weighted by Gasteiger charge is 2.46. The van der Waals surface area contributed by atoms with Crippen LogP contribution in [0.15, 0.2) is 18.2 Å². The summed E-state index contributed by atoms with van der Waals surface area (Å²) in [5.41, 5.74) is 0.390. The summed E-state index contributed by atoms with van der Waals surface area (Å²) in [7, 11) is -0.329. The molecular weight excluding hydrogens is 364 g/mol. The van der Waals surface area contributed by atoms with Crippen LogP contribution >= 0.6 is 0 Å². The van der Waals surface area contributed by atoms with E-state index >= 15 is 0 Å². The van der Waals surface area contributed by atoms with Crippen LogP contribution in [0, 0.1) is 0 Å². The molecule has 1 unspecified atom stereocenters. The van der Waals surface area contributed by atoms with Crippen molar-refractivity contribution < 1.29 is 32.1 Å². The molecule has 0 aliphatic carbocycles. The molecule has 11 heteroatoms. The van der Waals surface area contributed by atoms with E-state index < -0.39 is 27.2 Å². The normalized spacial score (nSPS) is 17.6. The highest BCUT2D eigenvalue weighted by molar-refractivity contribution is 7.94. The van der Waals surface area contributed by atoms with Crippen LogP contribution in [0.25, 0.3) is 0 Å². The standard InChI is InChI=1S/C15H18N4O6S/c1-9(20)16-10-5-6-12(25-4)11(7-10)17-26(23,24)13-8-18(2)15(22)19(3)14(13)21/h5-8,13,17H,1-4H3/p+1. The number of ether oxygens (including phenoxy) is 1. The van der Waals surface area contributed by atoms with Gasteiger partial charge in [-0.15, -0.1) is 0 Å². The Morgan fingerprint density at radius 1 is 1.31 bits per heavy atom. The van der Waals surface area contributed by atoms with E-state index in [0.29, 0.717) is 5.69 Å². The highest BCUT2D eigenvalue weighted by atomic mass is 32.2. The third-order valence-electron chi connectivity index (χ3n) is 3.63. The summed E-state index contributed by atoms with van der Waals surface area (Å²) in [6, 6.07) is 3.74. The Morgan fingerprint density at radius 2 is 1.96 bits per heavy atom. The second-order valence-electron chi connectivity index (χ2n) is 5.60. The number of anilines is 2. The first-order valence-electron chi connectivity index (χ1n) is 7.43. The van der Waals surface area contributed by atoms with Gasteiger partial charge < -0.3 is 10.1 Å². The Labute approximate surface area is 150 Å². The van der Waals surface area contributed by atoms with Crippen molar-refractivity contribution in [1.29, 1.82) is 0 Å². The maximum atomic E-state index is 12.7. The molecule has 1 aliphatic rings. The number of sulfonamides is 1. The lowest BCUT2D eigenvalue weighted by Crippen LogP contribution is -2.54. The van der Waals surface area contributed by atoms with Crippen LogP contribution in [0.1, 0.15) is 6.92 Å². The number of nitrogens with one attached hydrogen (secondary N) is 2. The van der Waals surface area contributed by atoms with Crippen LogP contribution in [-0.4, -0.2) is 68.4 Å². The Balaban J connectivity index is 2.41. The first-order chi connectivity index (χ1) is 12.1. The molecule has 1 heterocycles. The molecular formula is C15H19N4O6S+. The van der Waals surface area contributed by atoms with E-state index in [-0.39, 0.29) is 17.3 Å². The van der Waals surface area contributed by atoms with Crippen molar-refractivity contribution in [3.05, 3.63) is 18.2 Å². The smallest absolute Gasteiger partial charge is 0.495 e. The zero-order valence-corrected chi connectivity index (χ0v) is 15.5. The maximum Gasteiger partial charge on any atom is 0.500 e. The quantitative estimate of drug-likeness (QED) is 0.693. The fourth-order valence-electron chi connectivity index (χ4n) is 2.35. The topological polar surface area (TPSA) is 125 Å². The number of carbonyl (C=O) groups excluding carboxylic acids is 3. The number of benzene rings is 1. The molecule has 2 rings (SSSR count). The van der Waals surface area contributed by atoms with Gasteiger partial charge >= 0.3 is 11.9 Å². The molecule has 1 aromatic carbocycles. The molecule has 2 N–H and O–H groups in total. The number of urea groups is 1. The minimum atomic E-state index is -4.24. The highest BCUT2D eigenvalue weighted by Crippen LogP contribution is 2.29. The van der Waals surface area contributed by atoms with Crippen LogP contribution in [0.4, 0.5) is 16.2 Å². The predicted molar refractivity (Wildman–Crippen MR) is 94.0 cm³/mol. The molecule has 1 aliphatic heterocycles. The van der Waals surface area contributed by atoms with Gasteiger partial charge in [-0.25, -0.2) is 17.8 Å². The average Bonchev–Trinajstić information content (AvgIpc) is 2.55. The molecule has 140 valence electrons. The average molecular weight is 383 g/mol. The van der Waals surface area contributed by atoms with Crippen molar-refractivity contribution in [1.82, 2.24) is 4.90 Å². The zero-order chi connectivity index (χ0) is 19.6. The van der Waals surface area contributed by atoms with Gasteiger partial charge in [0.25, 0.3) is 10.0 Å². The van der Waals surface area contributed by atoms with Crippen molar-refractivity contribution >= 4 is 45.5 Å². The SMILES string of the molecule is COc1ccc(NC(C)=O)cc1NS(=O)(=O)C1C=[N+](C)C(=O)N(C)C1=O. The van der Waals surface area contributed by atoms with Crippen molar-refractivity contribution in [3.63, 3.8) is 0 Å². The number of imide groups is 1. The molecule has 1 atom stereocenters. The molecule has 26 heavy (non-hydrogen) atoms. The summed E-state index contributed by atoms with van der Waals surface area (Å²) in [6.45, 7) is 1.31. The number of methoxy groups -OCH3 is 1. The molecule has 10 nitrogen and oxygen atoms in total. The third kappa shape index (κ3) is 3.82. The van der Waals surface area contributed by atoms with Gasteiger partial charge in [-0.1, -0.05) is 0 Å². The summed E-state index contributed by atoms with van der Waals surface area (Å²) in [5, 5.41) is 0.932. The Kier molecular flexibility index (Phi) is 5.30. The number of hydrogen-bond acceptors (Lipinski definition) is 6. The van der Waals surface area contributed by atoms with E-state index in [1.54, 1.807) is 0 Å². The molecule has 0 saturated carbocycles. The molecule has 0 bridgehead atoms. The Bertz CT molecular complexity index is 909. The molecule has 0 radical (unpaired) electrons. The Morgan fingerprint density at radius 3 is 2.54 bits per heavy atom. The molecule has 1 aromatic rings. The first-order valence-corrected chi connectivity index (χ1v) is 8.98. The van der Waals surface area contributed by atoms with Gasteiger partial charge in [0.2, 0.25) is 11.2 Å². The van der Waals surface area contributed by atoms with E-state index in [9.17, 15) is 22.8 Å². The minimum absolute atomic E-state index is 0.0437. The number of rotatable bonds is 5. The largest absolute Gasteiger partial charge is 0.500 e. The lowest BCUT2D eigenvalue weighted by Gasteiger charge is -2.21. The second-order valence-corrected chi connectivity index (χ2v) is 7.41. The minimum Gasteiger partial charge on any atom is -0.495 e. The van der Waals surface area contributed by atoms with Crippen LogP contribution in [-0.2, 0) is 19.6 Å². The second kappa shape index (κ2) is 7.12. The van der Waals surface area contributed by atoms with Crippen molar-refractivity contribution in [2.24, 2.45) is 0 Å². The van der Waals surface area contributed by atoms with Crippen molar-refractivity contribution in [2.75, 3.05) is 31.2 Å². The van der Waals surface area contributed by atoms with Gasteiger partial charge in [0.15, 0.2) is 0 Å². The van der Waals surface area contributed by atoms with E-state index in [0.717, 1.165) is 15.7 Å². The number of carbonyl (C=O) groups is 3. The molecule has 0 fully saturated rings. The fourth-order valence-corrected chi connectivity index (χ4v) is 3.71. The van der Waals surface area contributed by atoms with E-state index in [4.69, 9.17) is 4.74 Å². The fraction of sp³-hybridized carbons (Fsp3) is 0.333. The van der Waals surface area contributed by atoms with Gasteiger partial charge in [-0.05, 0) is 18.2 Å². The molecule has 0 spiro atoms. The summed E-state index contributed by atoms with van der Waals surface area (Å²) in [6.07, 6.45) is 1.02. The van der Waals surface area contributed by atoms with Crippen LogP contribution in [0.2, 0.25) is 0 Å². The summed E-state index contributed by atoms with van der Waals surface area (Å²) in [4.78, 5) is 35.9. The molecule has 0 saturated heterocycles. The number of hydrogen-bond donors (Lipinski definition) is 2. The van der Waals surface area contributed by atoms with Crippen LogP contribution in [0.3, 0.4) is 0 Å². The van der Waals surface area contributed by atoms with E-state index in [1.807, 2.05) is 0 Å². The van der Waals surface area contributed by atoms with Crippen molar-refractivity contribution in [2.45, 2.75) is 12.2 Å². The van der Waals surface area contributed by atoms with Crippen LogP contribution < -0.4 is 14.8 Å². The predicted octanol–water partition coefficient (Wildman–Crippen LogP) is 0.0690. The zero-order valence-electron chi connectivity index (χ0n) is 14.6. The van der Waals surface area contributed by atoms with E-state index in [2.05, 4.69) is 10.0 Å². The van der Waals surface area contributed by atoms with Gasteiger partial charge in [-0.2, -0.15) is 9.69 Å². The third-order valence-corrected chi connectivity index (χ3v) is 5.12. The van der Waals surface area contributed by atoms with Crippen molar-refractivity contribution in [3.8, 4) is 5.75 Å². The summed E-state index contributed by atoms with van der Waals surface area (Å²) in [5.74, 6) is -1.01. The lowest BCUT2D eigenvalue weighted by molar-refractivity contribution is -0.399. The Hall–Kier alpha value is -2.95. The molecule has 0 aromatic heterocycles. The molecule has 4 amide bonds. The van der Waals surface area contributed by atoms with Gasteiger partial charge in [0.1, 0.15) is 12.0 Å². The van der Waals surface area contributed by atoms with Crippen LogP contribution in [0.5, 0.6) is 5.75 Å². The summed E-state index contributed by atoms with van der Waals surface area (Å²) >= 11 is 0. The lowest BCUT2D eigenvalue weighted by atomic mass is 10.2. The van der Waals surface area contributed by atoms with Gasteiger partial charge in [0.05, 0.1) is 26.9 Å².